The molecule has 0 aliphatic rings. The van der Waals surface area contributed by atoms with Gasteiger partial charge < -0.3 is 9.47 Å². The van der Waals surface area contributed by atoms with Crippen LogP contribution in [-0.4, -0.2) is 34.0 Å². The first-order valence-electron chi connectivity index (χ1n) is 7.85. The highest BCUT2D eigenvalue weighted by Gasteiger charge is 2.20. The quantitative estimate of drug-likeness (QED) is 0.505. The second-order valence-electron chi connectivity index (χ2n) is 5.28. The zero-order chi connectivity index (χ0) is 19.4. The van der Waals surface area contributed by atoms with Crippen LogP contribution in [0.2, 0.25) is 10.0 Å². The zero-order valence-electron chi connectivity index (χ0n) is 14.0. The molecule has 0 amide bonds. The molecule has 3 rings (SSSR count). The number of esters is 2. The minimum absolute atomic E-state index is 0.0427. The van der Waals surface area contributed by atoms with E-state index in [1.54, 1.807) is 37.3 Å². The fourth-order valence-electron chi connectivity index (χ4n) is 2.30. The number of carbonyl (C=O) groups excluding carboxylic acids is 2. The summed E-state index contributed by atoms with van der Waals surface area (Å²) in [6, 6.07) is 11.0. The van der Waals surface area contributed by atoms with Crippen LogP contribution in [0.4, 0.5) is 0 Å². The average Bonchev–Trinajstić information content (AvgIpc) is 3.12. The third-order valence-electron chi connectivity index (χ3n) is 3.49. The number of ether oxygens (including phenoxy) is 2. The highest BCUT2D eigenvalue weighted by molar-refractivity contribution is 6.36. The maximum absolute atomic E-state index is 12.3. The largest absolute Gasteiger partial charge is 0.461 e. The molecule has 0 spiro atoms. The maximum atomic E-state index is 12.3. The van der Waals surface area contributed by atoms with Gasteiger partial charge in [0.25, 0.3) is 0 Å². The molecule has 0 bridgehead atoms. The number of nitrogens with one attached hydrogen (secondary N) is 1. The number of halogens is 2. The summed E-state index contributed by atoms with van der Waals surface area (Å²) in [5.74, 6) is -0.988. The van der Waals surface area contributed by atoms with Gasteiger partial charge in [-0.25, -0.2) is 9.59 Å². The summed E-state index contributed by atoms with van der Waals surface area (Å²) >= 11 is 11.9. The van der Waals surface area contributed by atoms with E-state index in [9.17, 15) is 9.59 Å². The van der Waals surface area contributed by atoms with Crippen LogP contribution >= 0.6 is 23.2 Å². The number of aromatic amines is 1. The number of hydrogen-bond donors (Lipinski definition) is 1. The topological polar surface area (TPSA) is 94.2 Å². The fourth-order valence-corrected chi connectivity index (χ4v) is 2.78. The van der Waals surface area contributed by atoms with Gasteiger partial charge >= 0.3 is 11.9 Å². The van der Waals surface area contributed by atoms with Gasteiger partial charge in [-0.3, -0.25) is 0 Å². The van der Waals surface area contributed by atoms with Gasteiger partial charge in [0, 0.05) is 10.6 Å². The molecule has 3 aromatic rings. The predicted octanol–water partition coefficient (Wildman–Crippen LogP) is 4.17. The Morgan fingerprint density at radius 1 is 1.07 bits per heavy atom. The molecule has 0 aliphatic heterocycles. The van der Waals surface area contributed by atoms with Gasteiger partial charge in [-0.1, -0.05) is 35.3 Å². The Kier molecular flexibility index (Phi) is 5.73. The smallest absolute Gasteiger partial charge is 0.361 e. The van der Waals surface area contributed by atoms with Gasteiger partial charge in [-0.15, -0.1) is 5.10 Å². The molecule has 0 fully saturated rings. The van der Waals surface area contributed by atoms with Crippen molar-refractivity contribution in [1.29, 1.82) is 0 Å². The highest BCUT2D eigenvalue weighted by atomic mass is 35.5. The van der Waals surface area contributed by atoms with Gasteiger partial charge in [0.15, 0.2) is 5.69 Å². The Morgan fingerprint density at radius 2 is 1.89 bits per heavy atom. The number of benzene rings is 2. The first-order valence-corrected chi connectivity index (χ1v) is 8.60. The van der Waals surface area contributed by atoms with Crippen LogP contribution < -0.4 is 4.74 Å². The van der Waals surface area contributed by atoms with E-state index in [2.05, 4.69) is 15.4 Å². The van der Waals surface area contributed by atoms with Crippen molar-refractivity contribution in [2.45, 2.75) is 6.92 Å². The van der Waals surface area contributed by atoms with Gasteiger partial charge in [0.2, 0.25) is 0 Å². The van der Waals surface area contributed by atoms with Crippen molar-refractivity contribution >= 4 is 35.1 Å². The first kappa shape index (κ1) is 18.9. The molecule has 0 saturated carbocycles. The monoisotopic (exact) mass is 405 g/mol. The molecule has 1 aromatic heterocycles. The summed E-state index contributed by atoms with van der Waals surface area (Å²) in [7, 11) is 0. The maximum Gasteiger partial charge on any atom is 0.361 e. The van der Waals surface area contributed by atoms with E-state index >= 15 is 0 Å². The Balaban J connectivity index is 1.85. The van der Waals surface area contributed by atoms with E-state index in [0.29, 0.717) is 10.6 Å². The van der Waals surface area contributed by atoms with Crippen molar-refractivity contribution in [2.24, 2.45) is 0 Å². The summed E-state index contributed by atoms with van der Waals surface area (Å²) < 4.78 is 10.3. The summed E-state index contributed by atoms with van der Waals surface area (Å²) in [4.78, 5) is 24.3. The molecular formula is C18H13Cl2N3O4. The summed E-state index contributed by atoms with van der Waals surface area (Å²) in [5.41, 5.74) is 1.04. The normalized spacial score (nSPS) is 10.5. The Labute approximate surface area is 164 Å². The van der Waals surface area contributed by atoms with Crippen molar-refractivity contribution < 1.29 is 19.1 Å². The molecule has 1 heterocycles. The average molecular weight is 406 g/mol. The van der Waals surface area contributed by atoms with Crippen LogP contribution in [0.1, 0.15) is 27.8 Å². The fraction of sp³-hybridized carbons (Fsp3) is 0.111. The molecule has 0 atom stereocenters. The molecule has 9 heteroatoms. The van der Waals surface area contributed by atoms with Crippen LogP contribution in [0, 0.1) is 0 Å². The number of aromatic nitrogens is 3. The van der Waals surface area contributed by atoms with E-state index in [4.69, 9.17) is 32.7 Å². The molecule has 1 N–H and O–H groups in total. The molecular weight excluding hydrogens is 393 g/mol. The van der Waals surface area contributed by atoms with E-state index in [-0.39, 0.29) is 34.3 Å². The van der Waals surface area contributed by atoms with Crippen molar-refractivity contribution in [3.05, 3.63) is 63.8 Å². The van der Waals surface area contributed by atoms with Crippen LogP contribution in [-0.2, 0) is 4.74 Å². The predicted molar refractivity (Wildman–Crippen MR) is 99.2 cm³/mol. The van der Waals surface area contributed by atoms with Crippen LogP contribution in [0.25, 0.3) is 11.3 Å². The zero-order valence-corrected chi connectivity index (χ0v) is 15.5. The highest BCUT2D eigenvalue weighted by Crippen LogP contribution is 2.26. The van der Waals surface area contributed by atoms with Crippen LogP contribution in [0.5, 0.6) is 5.75 Å². The number of rotatable bonds is 5. The standard InChI is InChI=1S/C18H13Cl2N3O4/c1-2-26-18(25)16-15(21-23-22-16)10-4-3-5-12(8-10)27-17(24)13-7-6-11(19)9-14(13)20/h3-9H,2H2,1H3,(H,21,22,23). The van der Waals surface area contributed by atoms with Gasteiger partial charge in [0.1, 0.15) is 11.4 Å². The van der Waals surface area contributed by atoms with E-state index < -0.39 is 11.9 Å². The van der Waals surface area contributed by atoms with E-state index in [0.717, 1.165) is 0 Å². The SMILES string of the molecule is CCOC(=O)c1n[nH]nc1-c1cccc(OC(=O)c2ccc(Cl)cc2Cl)c1. The van der Waals surface area contributed by atoms with Crippen molar-refractivity contribution in [3.63, 3.8) is 0 Å². The van der Waals surface area contributed by atoms with E-state index in [1.165, 1.54) is 12.1 Å². The van der Waals surface area contributed by atoms with Crippen LogP contribution in [0.3, 0.4) is 0 Å². The molecule has 0 saturated heterocycles. The third kappa shape index (κ3) is 4.27. The number of hydrogen-bond acceptors (Lipinski definition) is 6. The molecule has 7 nitrogen and oxygen atoms in total. The third-order valence-corrected chi connectivity index (χ3v) is 4.03. The minimum atomic E-state index is -0.639. The molecule has 138 valence electrons. The minimum Gasteiger partial charge on any atom is -0.461 e. The van der Waals surface area contributed by atoms with E-state index in [1.807, 2.05) is 0 Å². The molecule has 0 radical (unpaired) electrons. The lowest BCUT2D eigenvalue weighted by Gasteiger charge is -2.07. The summed E-state index contributed by atoms with van der Waals surface area (Å²) in [6.45, 7) is 1.91. The summed E-state index contributed by atoms with van der Waals surface area (Å²) in [6.07, 6.45) is 0. The Morgan fingerprint density at radius 3 is 2.63 bits per heavy atom. The second-order valence-corrected chi connectivity index (χ2v) is 6.13. The first-order chi connectivity index (χ1) is 13.0. The lowest BCUT2D eigenvalue weighted by Crippen LogP contribution is -2.09. The van der Waals surface area contributed by atoms with Crippen molar-refractivity contribution in [2.75, 3.05) is 6.61 Å². The van der Waals surface area contributed by atoms with Crippen LogP contribution in [0.15, 0.2) is 42.5 Å². The molecule has 0 unspecified atom stereocenters. The van der Waals surface area contributed by atoms with Crippen molar-refractivity contribution in [3.8, 4) is 17.0 Å². The Hall–Kier alpha value is -2.90. The summed E-state index contributed by atoms with van der Waals surface area (Å²) in [5, 5.41) is 10.8. The van der Waals surface area contributed by atoms with Gasteiger partial charge in [-0.05, 0) is 37.3 Å². The van der Waals surface area contributed by atoms with Gasteiger partial charge in [-0.2, -0.15) is 10.3 Å². The molecule has 2 aromatic carbocycles. The number of nitrogens with zero attached hydrogens (tertiary/aromatic N) is 2. The lowest BCUT2D eigenvalue weighted by molar-refractivity contribution is 0.0520. The number of H-pyrrole nitrogens is 1. The number of carbonyl (C=O) groups is 2. The molecule has 0 aliphatic carbocycles. The van der Waals surface area contributed by atoms with Gasteiger partial charge in [0.05, 0.1) is 17.2 Å². The Bertz CT molecular complexity index is 1000. The molecule has 27 heavy (non-hydrogen) atoms. The van der Waals surface area contributed by atoms with Crippen molar-refractivity contribution in [1.82, 2.24) is 15.4 Å². The lowest BCUT2D eigenvalue weighted by atomic mass is 10.1. The second kappa shape index (κ2) is 8.20.